The molecule has 0 unspecified atom stereocenters. The van der Waals surface area contributed by atoms with E-state index in [0.717, 1.165) is 16.2 Å². The summed E-state index contributed by atoms with van der Waals surface area (Å²) in [6.07, 6.45) is 3.62. The number of amides is 1. The monoisotopic (exact) mass is 421 g/mol. The Morgan fingerprint density at radius 3 is 2.42 bits per heavy atom. The Hall–Kier alpha value is -3.61. The summed E-state index contributed by atoms with van der Waals surface area (Å²) in [4.78, 5) is 33.8. The lowest BCUT2D eigenvalue weighted by molar-refractivity contribution is 0.0978. The third-order valence-corrected chi connectivity index (χ3v) is 4.85. The first-order valence-electron chi connectivity index (χ1n) is 10.00. The van der Waals surface area contributed by atoms with Crippen molar-refractivity contribution in [2.45, 2.75) is 26.7 Å². The maximum absolute atomic E-state index is 14.6. The molecule has 0 spiro atoms. The van der Waals surface area contributed by atoms with Crippen molar-refractivity contribution in [2.24, 2.45) is 0 Å². The van der Waals surface area contributed by atoms with Gasteiger partial charge in [0.1, 0.15) is 11.5 Å². The summed E-state index contributed by atoms with van der Waals surface area (Å²) in [6.45, 7) is 3.81. The number of anilines is 1. The summed E-state index contributed by atoms with van der Waals surface area (Å²) in [7, 11) is 1.45. The second kappa shape index (κ2) is 9.93. The van der Waals surface area contributed by atoms with E-state index >= 15 is 0 Å². The number of aryl methyl sites for hydroxylation is 2. The number of hydrogen-bond acceptors (Lipinski definition) is 5. The highest BCUT2D eigenvalue weighted by atomic mass is 19.1. The fraction of sp³-hybridized carbons (Fsp3) is 0.250. The average Bonchev–Trinajstić information content (AvgIpc) is 2.78. The van der Waals surface area contributed by atoms with Gasteiger partial charge in [0.2, 0.25) is 0 Å². The van der Waals surface area contributed by atoms with Crippen molar-refractivity contribution in [3.05, 3.63) is 77.6 Å². The summed E-state index contributed by atoms with van der Waals surface area (Å²) >= 11 is 0. The molecule has 1 aromatic carbocycles. The number of ether oxygens (including phenoxy) is 1. The van der Waals surface area contributed by atoms with Crippen LogP contribution in [0.25, 0.3) is 11.1 Å². The summed E-state index contributed by atoms with van der Waals surface area (Å²) in [5, 5.41) is 0. The lowest BCUT2D eigenvalue weighted by Gasteiger charge is -2.17. The predicted molar refractivity (Wildman–Crippen MR) is 117 cm³/mol. The first kappa shape index (κ1) is 22.1. The molecule has 0 aliphatic heterocycles. The molecule has 0 bridgehead atoms. The minimum atomic E-state index is -0.625. The van der Waals surface area contributed by atoms with Gasteiger partial charge in [-0.1, -0.05) is 18.2 Å². The predicted octanol–water partition coefficient (Wildman–Crippen LogP) is 5.00. The molecule has 0 atom stereocenters. The molecule has 160 valence electrons. The largest absolute Gasteiger partial charge is 0.449 e. The highest BCUT2D eigenvalue weighted by Gasteiger charge is 2.16. The number of nitrogens with zero attached hydrogens (tertiary/aromatic N) is 3. The van der Waals surface area contributed by atoms with Crippen LogP contribution in [0.3, 0.4) is 0 Å². The van der Waals surface area contributed by atoms with Crippen molar-refractivity contribution in [2.75, 3.05) is 18.6 Å². The summed E-state index contributed by atoms with van der Waals surface area (Å²) in [5.41, 5.74) is 3.68. The van der Waals surface area contributed by atoms with Gasteiger partial charge in [-0.3, -0.25) is 19.7 Å². The van der Waals surface area contributed by atoms with Crippen molar-refractivity contribution in [3.63, 3.8) is 0 Å². The van der Waals surface area contributed by atoms with E-state index in [1.165, 1.54) is 19.2 Å². The van der Waals surface area contributed by atoms with E-state index in [2.05, 4.69) is 9.97 Å². The Bertz CT molecular complexity index is 1070. The fourth-order valence-corrected chi connectivity index (χ4v) is 3.04. The maximum Gasteiger partial charge on any atom is 0.414 e. The number of carbonyl (C=O) groups excluding carboxylic acids is 2. The molecular weight excluding hydrogens is 397 g/mol. The van der Waals surface area contributed by atoms with E-state index in [-0.39, 0.29) is 18.1 Å². The molecule has 0 aliphatic carbocycles. The normalized spacial score (nSPS) is 10.6. The molecule has 0 aliphatic rings. The lowest BCUT2D eigenvalue weighted by atomic mass is 10.0. The third kappa shape index (κ3) is 5.51. The Morgan fingerprint density at radius 1 is 1.03 bits per heavy atom. The van der Waals surface area contributed by atoms with Crippen molar-refractivity contribution in [3.8, 4) is 11.1 Å². The van der Waals surface area contributed by atoms with E-state index in [0.29, 0.717) is 29.7 Å². The number of benzene rings is 1. The molecule has 0 saturated carbocycles. The van der Waals surface area contributed by atoms with Gasteiger partial charge in [0.15, 0.2) is 5.78 Å². The Morgan fingerprint density at radius 2 is 1.81 bits per heavy atom. The van der Waals surface area contributed by atoms with Crippen molar-refractivity contribution < 1.29 is 18.7 Å². The zero-order chi connectivity index (χ0) is 22.4. The first-order chi connectivity index (χ1) is 14.9. The van der Waals surface area contributed by atoms with Crippen LogP contribution in [0.2, 0.25) is 0 Å². The van der Waals surface area contributed by atoms with Gasteiger partial charge >= 0.3 is 6.09 Å². The van der Waals surface area contributed by atoms with Crippen LogP contribution in [0, 0.1) is 12.7 Å². The number of rotatable bonds is 7. The maximum atomic E-state index is 14.6. The summed E-state index contributed by atoms with van der Waals surface area (Å²) < 4.78 is 19.4. The van der Waals surface area contributed by atoms with Crippen molar-refractivity contribution in [1.29, 1.82) is 0 Å². The Kier molecular flexibility index (Phi) is 7.07. The molecule has 7 heteroatoms. The van der Waals surface area contributed by atoms with Crippen LogP contribution < -0.4 is 4.90 Å². The zero-order valence-corrected chi connectivity index (χ0v) is 17.8. The minimum absolute atomic E-state index is 0.0651. The number of Topliss-reactive ketones (excluding diaryl/α,β-unsaturated/α-hetero) is 1. The highest BCUT2D eigenvalue weighted by molar-refractivity contribution is 5.94. The van der Waals surface area contributed by atoms with Crippen LogP contribution in [0.15, 0.2) is 54.9 Å². The quantitative estimate of drug-likeness (QED) is 0.502. The van der Waals surface area contributed by atoms with Gasteiger partial charge < -0.3 is 4.74 Å². The van der Waals surface area contributed by atoms with E-state index in [1.54, 1.807) is 37.5 Å². The molecule has 2 heterocycles. The van der Waals surface area contributed by atoms with Gasteiger partial charge in [-0.05, 0) is 55.7 Å². The van der Waals surface area contributed by atoms with Gasteiger partial charge in [-0.15, -0.1) is 0 Å². The van der Waals surface area contributed by atoms with Crippen LogP contribution in [0.1, 0.15) is 35.1 Å². The molecule has 0 fully saturated rings. The van der Waals surface area contributed by atoms with Crippen LogP contribution in [-0.2, 0) is 11.2 Å². The molecule has 1 amide bonds. The van der Waals surface area contributed by atoms with Gasteiger partial charge in [-0.25, -0.2) is 9.18 Å². The lowest BCUT2D eigenvalue weighted by Crippen LogP contribution is -2.27. The Labute approximate surface area is 180 Å². The molecular formula is C24H24FN3O3. The molecule has 3 aromatic rings. The van der Waals surface area contributed by atoms with E-state index in [4.69, 9.17) is 4.74 Å². The van der Waals surface area contributed by atoms with Crippen LogP contribution in [-0.4, -0.2) is 35.5 Å². The number of hydrogen-bond donors (Lipinski definition) is 0. The molecule has 0 radical (unpaired) electrons. The van der Waals surface area contributed by atoms with Crippen LogP contribution >= 0.6 is 0 Å². The average molecular weight is 421 g/mol. The standard InChI is InChI=1S/C24H24FN3O3/c1-4-31-24(30)28(3)22-11-9-18(13-20(22)25)19-8-10-21(27-15-19)23(29)12-7-17-6-5-16(2)26-14-17/h5-6,8-11,13-15H,4,7,12H2,1-3H3. The number of aromatic nitrogens is 2. The minimum Gasteiger partial charge on any atom is -0.449 e. The van der Waals surface area contributed by atoms with Gasteiger partial charge in [0.25, 0.3) is 0 Å². The third-order valence-electron chi connectivity index (χ3n) is 4.85. The topological polar surface area (TPSA) is 72.4 Å². The SMILES string of the molecule is CCOC(=O)N(C)c1ccc(-c2ccc(C(=O)CCc3ccc(C)nc3)nc2)cc1F. The summed E-state index contributed by atoms with van der Waals surface area (Å²) in [5.74, 6) is -0.621. The fourth-order valence-electron chi connectivity index (χ4n) is 3.04. The van der Waals surface area contributed by atoms with E-state index in [1.807, 2.05) is 19.1 Å². The number of ketones is 1. The number of carbonyl (C=O) groups is 2. The second-order valence-corrected chi connectivity index (χ2v) is 7.09. The van der Waals surface area contributed by atoms with Gasteiger partial charge in [0, 0.05) is 37.1 Å². The molecule has 6 nitrogen and oxygen atoms in total. The highest BCUT2D eigenvalue weighted by Crippen LogP contribution is 2.26. The Balaban J connectivity index is 1.67. The molecule has 31 heavy (non-hydrogen) atoms. The second-order valence-electron chi connectivity index (χ2n) is 7.09. The van der Waals surface area contributed by atoms with Crippen LogP contribution in [0.5, 0.6) is 0 Å². The molecule has 3 rings (SSSR count). The van der Waals surface area contributed by atoms with Crippen molar-refractivity contribution in [1.82, 2.24) is 9.97 Å². The van der Waals surface area contributed by atoms with Crippen molar-refractivity contribution >= 4 is 17.6 Å². The van der Waals surface area contributed by atoms with Gasteiger partial charge in [-0.2, -0.15) is 0 Å². The zero-order valence-electron chi connectivity index (χ0n) is 17.8. The van der Waals surface area contributed by atoms with Gasteiger partial charge in [0.05, 0.1) is 12.3 Å². The first-order valence-corrected chi connectivity index (χ1v) is 10.00. The van der Waals surface area contributed by atoms with E-state index in [9.17, 15) is 14.0 Å². The number of pyridine rings is 2. The number of halogens is 1. The molecule has 0 saturated heterocycles. The van der Waals surface area contributed by atoms with E-state index < -0.39 is 11.9 Å². The smallest absolute Gasteiger partial charge is 0.414 e. The molecule has 0 N–H and O–H groups in total. The van der Waals surface area contributed by atoms with Crippen LogP contribution in [0.4, 0.5) is 14.9 Å². The molecule has 2 aromatic heterocycles. The summed E-state index contributed by atoms with van der Waals surface area (Å²) in [6, 6.07) is 11.8.